The molecular weight excluding hydrogens is 430 g/mol. The number of carbonyl (C=O) groups excluding carboxylic acids is 1. The first-order chi connectivity index (χ1) is 13.4. The van der Waals surface area contributed by atoms with E-state index in [0.717, 1.165) is 5.56 Å². The zero-order chi connectivity index (χ0) is 20.1. The molecule has 1 amide bonds. The van der Waals surface area contributed by atoms with Gasteiger partial charge in [0.25, 0.3) is 11.6 Å². The summed E-state index contributed by atoms with van der Waals surface area (Å²) in [5.41, 5.74) is 3.96. The molecule has 0 spiro atoms. The van der Waals surface area contributed by atoms with Crippen LogP contribution in [0.5, 0.6) is 5.75 Å². The van der Waals surface area contributed by atoms with Crippen molar-refractivity contribution < 1.29 is 14.8 Å². The molecule has 1 heterocycles. The number of benzene rings is 2. The molecule has 3 aromatic rings. The van der Waals surface area contributed by atoms with Crippen LogP contribution in [0.1, 0.15) is 21.6 Å². The zero-order valence-corrected chi connectivity index (χ0v) is 15.9. The van der Waals surface area contributed by atoms with Gasteiger partial charge in [-0.25, -0.2) is 5.43 Å². The Kier molecular flexibility index (Phi) is 5.80. The Hall–Kier alpha value is -3.53. The minimum absolute atomic E-state index is 0.00931. The van der Waals surface area contributed by atoms with Crippen molar-refractivity contribution in [3.63, 3.8) is 0 Å². The van der Waals surface area contributed by atoms with E-state index < -0.39 is 10.8 Å². The Morgan fingerprint density at radius 2 is 2.07 bits per heavy atom. The number of nitro benzene ring substituents is 1. The third kappa shape index (κ3) is 4.80. The van der Waals surface area contributed by atoms with Crippen LogP contribution in [0.25, 0.3) is 0 Å². The molecule has 1 aromatic heterocycles. The fraction of sp³-hybridized carbons (Fsp3) is 0.0556. The van der Waals surface area contributed by atoms with Crippen LogP contribution in [0, 0.1) is 10.1 Å². The van der Waals surface area contributed by atoms with Crippen molar-refractivity contribution in [2.45, 2.75) is 6.54 Å². The van der Waals surface area contributed by atoms with Crippen molar-refractivity contribution in [2.75, 3.05) is 0 Å². The number of hydrazone groups is 1. The molecule has 0 radical (unpaired) electrons. The molecular formula is C18H14BrN5O4. The van der Waals surface area contributed by atoms with E-state index in [2.05, 4.69) is 31.6 Å². The summed E-state index contributed by atoms with van der Waals surface area (Å²) in [4.78, 5) is 22.5. The van der Waals surface area contributed by atoms with Crippen molar-refractivity contribution >= 4 is 33.7 Å². The summed E-state index contributed by atoms with van der Waals surface area (Å²) in [6, 6.07) is 12.5. The van der Waals surface area contributed by atoms with Crippen molar-refractivity contribution in [1.82, 2.24) is 15.2 Å². The normalized spacial score (nSPS) is 10.9. The second kappa shape index (κ2) is 8.44. The number of hydrogen-bond acceptors (Lipinski definition) is 6. The van der Waals surface area contributed by atoms with Gasteiger partial charge in [-0.1, -0.05) is 24.3 Å². The molecule has 0 fully saturated rings. The highest BCUT2D eigenvalue weighted by molar-refractivity contribution is 9.10. The van der Waals surface area contributed by atoms with Crippen LogP contribution in [0.2, 0.25) is 0 Å². The van der Waals surface area contributed by atoms with Crippen molar-refractivity contribution in [3.8, 4) is 5.75 Å². The van der Waals surface area contributed by atoms with Gasteiger partial charge in [0.2, 0.25) is 0 Å². The molecule has 2 N–H and O–H groups in total. The van der Waals surface area contributed by atoms with E-state index in [1.54, 1.807) is 35.1 Å². The molecule has 142 valence electrons. The summed E-state index contributed by atoms with van der Waals surface area (Å²) in [7, 11) is 0. The average Bonchev–Trinajstić information content (AvgIpc) is 3.02. The second-order valence-corrected chi connectivity index (χ2v) is 6.60. The van der Waals surface area contributed by atoms with E-state index in [4.69, 9.17) is 0 Å². The van der Waals surface area contributed by atoms with Crippen LogP contribution in [0.15, 0.2) is 64.3 Å². The fourth-order valence-corrected chi connectivity index (χ4v) is 2.86. The number of nitro groups is 1. The van der Waals surface area contributed by atoms with Crippen LogP contribution < -0.4 is 5.43 Å². The Morgan fingerprint density at radius 1 is 1.32 bits per heavy atom. The first-order valence-corrected chi connectivity index (χ1v) is 8.80. The lowest BCUT2D eigenvalue weighted by Gasteiger charge is -2.01. The summed E-state index contributed by atoms with van der Waals surface area (Å²) < 4.78 is 2.03. The molecule has 28 heavy (non-hydrogen) atoms. The molecule has 0 saturated carbocycles. The van der Waals surface area contributed by atoms with E-state index in [9.17, 15) is 20.0 Å². The first-order valence-electron chi connectivity index (χ1n) is 8.01. The van der Waals surface area contributed by atoms with Crippen LogP contribution in [-0.4, -0.2) is 31.9 Å². The third-order valence-corrected chi connectivity index (χ3v) is 4.25. The van der Waals surface area contributed by atoms with E-state index in [-0.39, 0.29) is 17.1 Å². The van der Waals surface area contributed by atoms with Crippen molar-refractivity contribution in [3.05, 3.63) is 86.1 Å². The number of carbonyl (C=O) groups is 1. The van der Waals surface area contributed by atoms with Gasteiger partial charge in [-0.05, 0) is 39.2 Å². The van der Waals surface area contributed by atoms with Crippen molar-refractivity contribution in [2.24, 2.45) is 5.10 Å². The Morgan fingerprint density at radius 3 is 2.75 bits per heavy atom. The first kappa shape index (κ1) is 19.2. The molecule has 0 aliphatic carbocycles. The number of aromatic nitrogens is 2. The molecule has 10 heteroatoms. The van der Waals surface area contributed by atoms with E-state index in [1.165, 1.54) is 30.5 Å². The molecule has 9 nitrogen and oxygen atoms in total. The number of nitrogens with zero attached hydrogens (tertiary/aromatic N) is 4. The lowest BCUT2D eigenvalue weighted by molar-refractivity contribution is -0.384. The van der Waals surface area contributed by atoms with E-state index in [1.807, 2.05) is 0 Å². The van der Waals surface area contributed by atoms with Gasteiger partial charge in [0.05, 0.1) is 22.2 Å². The number of non-ortho nitro benzene ring substituents is 1. The summed E-state index contributed by atoms with van der Waals surface area (Å²) in [6.07, 6.45) is 3.04. The standard InChI is InChI=1S/C18H14BrN5O4/c19-16-11-23(10-12-4-6-14(7-5-12)24(27)28)22-17(16)18(26)21-20-9-13-2-1-3-15(25)8-13/h1-9,11,25H,10H2,(H,21,26)/b20-9-. The summed E-state index contributed by atoms with van der Waals surface area (Å²) in [5.74, 6) is -0.409. The topological polar surface area (TPSA) is 123 Å². The predicted octanol–water partition coefficient (Wildman–Crippen LogP) is 3.07. The minimum atomic E-state index is -0.509. The molecule has 0 unspecified atom stereocenters. The van der Waals surface area contributed by atoms with Gasteiger partial charge < -0.3 is 5.11 Å². The van der Waals surface area contributed by atoms with Gasteiger partial charge in [0, 0.05) is 18.3 Å². The maximum absolute atomic E-state index is 12.3. The van der Waals surface area contributed by atoms with Gasteiger partial charge in [-0.2, -0.15) is 10.2 Å². The van der Waals surface area contributed by atoms with Gasteiger partial charge >= 0.3 is 0 Å². The molecule has 0 aliphatic heterocycles. The number of amides is 1. The maximum Gasteiger partial charge on any atom is 0.293 e. The number of rotatable bonds is 6. The lowest BCUT2D eigenvalue weighted by Crippen LogP contribution is -2.19. The summed E-state index contributed by atoms with van der Waals surface area (Å²) in [5, 5.41) is 28.2. The van der Waals surface area contributed by atoms with Crippen molar-refractivity contribution in [1.29, 1.82) is 0 Å². The van der Waals surface area contributed by atoms with Gasteiger partial charge in [0.1, 0.15) is 5.75 Å². The molecule has 0 atom stereocenters. The highest BCUT2D eigenvalue weighted by Gasteiger charge is 2.15. The largest absolute Gasteiger partial charge is 0.508 e. The number of phenols is 1. The van der Waals surface area contributed by atoms with E-state index >= 15 is 0 Å². The molecule has 0 aliphatic rings. The average molecular weight is 444 g/mol. The predicted molar refractivity (Wildman–Crippen MR) is 105 cm³/mol. The highest BCUT2D eigenvalue weighted by Crippen LogP contribution is 2.17. The maximum atomic E-state index is 12.3. The molecule has 3 rings (SSSR count). The second-order valence-electron chi connectivity index (χ2n) is 5.74. The molecule has 0 saturated heterocycles. The SMILES string of the molecule is O=C(N/N=C\c1cccc(O)c1)c1nn(Cc2ccc([N+](=O)[O-])cc2)cc1Br. The third-order valence-electron chi connectivity index (χ3n) is 3.67. The Labute approximate surface area is 167 Å². The smallest absolute Gasteiger partial charge is 0.293 e. The monoisotopic (exact) mass is 443 g/mol. The zero-order valence-electron chi connectivity index (χ0n) is 14.3. The van der Waals surface area contributed by atoms with Gasteiger partial charge in [0.15, 0.2) is 5.69 Å². The Bertz CT molecular complexity index is 1050. The summed E-state index contributed by atoms with van der Waals surface area (Å²) >= 11 is 3.29. The Balaban J connectivity index is 1.65. The number of phenolic OH excluding ortho intramolecular Hbond substituents is 1. The minimum Gasteiger partial charge on any atom is -0.508 e. The molecule has 2 aromatic carbocycles. The van der Waals surface area contributed by atoms with Crippen LogP contribution in [0.3, 0.4) is 0 Å². The van der Waals surface area contributed by atoms with Gasteiger partial charge in [-0.15, -0.1) is 0 Å². The number of halogens is 1. The lowest BCUT2D eigenvalue weighted by atomic mass is 10.2. The van der Waals surface area contributed by atoms with Crippen LogP contribution in [-0.2, 0) is 6.54 Å². The van der Waals surface area contributed by atoms with E-state index in [0.29, 0.717) is 16.6 Å². The molecule has 0 bridgehead atoms. The van der Waals surface area contributed by atoms with Gasteiger partial charge in [-0.3, -0.25) is 19.6 Å². The number of nitrogens with one attached hydrogen (secondary N) is 1. The number of hydrogen-bond donors (Lipinski definition) is 2. The quantitative estimate of drug-likeness (QED) is 0.344. The number of aromatic hydroxyl groups is 1. The van der Waals surface area contributed by atoms with Crippen LogP contribution in [0.4, 0.5) is 5.69 Å². The van der Waals surface area contributed by atoms with Crippen LogP contribution >= 0.6 is 15.9 Å². The highest BCUT2D eigenvalue weighted by atomic mass is 79.9. The summed E-state index contributed by atoms with van der Waals surface area (Å²) in [6.45, 7) is 0.344. The fourth-order valence-electron chi connectivity index (χ4n) is 2.37.